The summed E-state index contributed by atoms with van der Waals surface area (Å²) < 4.78 is 38.4. The Labute approximate surface area is 173 Å². The van der Waals surface area contributed by atoms with E-state index >= 15 is 0 Å². The molecule has 0 bridgehead atoms. The number of nitrogens with zero attached hydrogens (tertiary/aromatic N) is 3. The van der Waals surface area contributed by atoms with Gasteiger partial charge in [0.15, 0.2) is 0 Å². The molecular weight excluding hydrogens is 393 g/mol. The van der Waals surface area contributed by atoms with Gasteiger partial charge < -0.3 is 10.2 Å². The molecule has 2 aromatic rings. The molecule has 1 saturated heterocycles. The first-order valence-electron chi connectivity index (χ1n) is 9.46. The number of nitrogens with one attached hydrogen (secondary N) is 1. The predicted molar refractivity (Wildman–Crippen MR) is 107 cm³/mol. The van der Waals surface area contributed by atoms with Crippen molar-refractivity contribution >= 4 is 11.6 Å². The monoisotopic (exact) mass is 414 g/mol. The first-order chi connectivity index (χ1) is 14.4. The third-order valence-electron chi connectivity index (χ3n) is 4.83. The molecule has 0 atom stereocenters. The van der Waals surface area contributed by atoms with Crippen molar-refractivity contribution in [1.82, 2.24) is 9.80 Å². The van der Waals surface area contributed by atoms with Gasteiger partial charge in [0.05, 0.1) is 5.56 Å². The molecule has 1 heterocycles. The van der Waals surface area contributed by atoms with Gasteiger partial charge >= 0.3 is 6.18 Å². The molecule has 2 aromatic carbocycles. The SMILES string of the molecule is N#C/C(=C/Nc1cccc(C(F)(F)F)c1)C(=O)N1CCN(Cc2ccccc2)CC1. The maximum atomic E-state index is 12.8. The largest absolute Gasteiger partial charge is 0.416 e. The third kappa shape index (κ3) is 5.61. The molecule has 156 valence electrons. The minimum absolute atomic E-state index is 0.149. The lowest BCUT2D eigenvalue weighted by Gasteiger charge is -2.34. The summed E-state index contributed by atoms with van der Waals surface area (Å²) in [5.74, 6) is -0.434. The third-order valence-corrected chi connectivity index (χ3v) is 4.83. The summed E-state index contributed by atoms with van der Waals surface area (Å²) in [6.45, 7) is 3.12. The molecule has 1 aliphatic rings. The highest BCUT2D eigenvalue weighted by Gasteiger charge is 2.30. The Balaban J connectivity index is 1.58. The minimum Gasteiger partial charge on any atom is -0.360 e. The van der Waals surface area contributed by atoms with Crippen LogP contribution in [-0.4, -0.2) is 41.9 Å². The molecule has 1 amide bonds. The first kappa shape index (κ1) is 21.4. The highest BCUT2D eigenvalue weighted by Crippen LogP contribution is 2.30. The molecule has 0 unspecified atom stereocenters. The summed E-state index contributed by atoms with van der Waals surface area (Å²) in [5.41, 5.74) is 0.391. The number of piperazine rings is 1. The van der Waals surface area contributed by atoms with Crippen LogP contribution < -0.4 is 5.32 Å². The van der Waals surface area contributed by atoms with Crippen molar-refractivity contribution in [2.45, 2.75) is 12.7 Å². The molecular formula is C22H21F3N4O. The van der Waals surface area contributed by atoms with Crippen LogP contribution in [0.5, 0.6) is 0 Å². The van der Waals surface area contributed by atoms with E-state index in [2.05, 4.69) is 10.2 Å². The maximum Gasteiger partial charge on any atom is 0.416 e. The van der Waals surface area contributed by atoms with Crippen LogP contribution in [0.25, 0.3) is 0 Å². The molecule has 30 heavy (non-hydrogen) atoms. The van der Waals surface area contributed by atoms with Gasteiger partial charge in [0, 0.05) is 44.6 Å². The predicted octanol–water partition coefficient (Wildman–Crippen LogP) is 3.87. The van der Waals surface area contributed by atoms with Gasteiger partial charge in [-0.25, -0.2) is 0 Å². The summed E-state index contributed by atoms with van der Waals surface area (Å²) in [6.07, 6.45) is -3.30. The van der Waals surface area contributed by atoms with Crippen molar-refractivity contribution in [2.24, 2.45) is 0 Å². The number of anilines is 1. The van der Waals surface area contributed by atoms with Crippen molar-refractivity contribution in [1.29, 1.82) is 5.26 Å². The van der Waals surface area contributed by atoms with Gasteiger partial charge in [-0.15, -0.1) is 0 Å². The Morgan fingerprint density at radius 1 is 1.07 bits per heavy atom. The van der Waals surface area contributed by atoms with Gasteiger partial charge in [0.25, 0.3) is 5.91 Å². The van der Waals surface area contributed by atoms with E-state index in [1.54, 1.807) is 4.90 Å². The molecule has 0 radical (unpaired) electrons. The van der Waals surface area contributed by atoms with Crippen molar-refractivity contribution in [2.75, 3.05) is 31.5 Å². The lowest BCUT2D eigenvalue weighted by Crippen LogP contribution is -2.48. The number of hydrogen-bond acceptors (Lipinski definition) is 4. The van der Waals surface area contributed by atoms with E-state index in [1.807, 2.05) is 36.4 Å². The van der Waals surface area contributed by atoms with E-state index in [0.717, 1.165) is 24.9 Å². The number of halogens is 3. The van der Waals surface area contributed by atoms with E-state index < -0.39 is 17.6 Å². The molecule has 0 saturated carbocycles. The molecule has 0 aliphatic carbocycles. The average molecular weight is 414 g/mol. The summed E-state index contributed by atoms with van der Waals surface area (Å²) in [7, 11) is 0. The number of amides is 1. The zero-order valence-corrected chi connectivity index (χ0v) is 16.2. The average Bonchev–Trinajstić information content (AvgIpc) is 2.75. The van der Waals surface area contributed by atoms with E-state index in [9.17, 15) is 23.2 Å². The Bertz CT molecular complexity index is 943. The van der Waals surface area contributed by atoms with Crippen molar-refractivity contribution in [3.8, 4) is 6.07 Å². The fourth-order valence-corrected chi connectivity index (χ4v) is 3.20. The van der Waals surface area contributed by atoms with E-state index in [-0.39, 0.29) is 11.3 Å². The molecule has 0 spiro atoms. The fourth-order valence-electron chi connectivity index (χ4n) is 3.20. The first-order valence-corrected chi connectivity index (χ1v) is 9.46. The van der Waals surface area contributed by atoms with Crippen LogP contribution in [-0.2, 0) is 17.5 Å². The smallest absolute Gasteiger partial charge is 0.360 e. The number of alkyl halides is 3. The van der Waals surface area contributed by atoms with Gasteiger partial charge in [0.2, 0.25) is 0 Å². The Morgan fingerprint density at radius 3 is 2.40 bits per heavy atom. The van der Waals surface area contributed by atoms with E-state index in [4.69, 9.17) is 0 Å². The number of carbonyl (C=O) groups excluding carboxylic acids is 1. The molecule has 1 fully saturated rings. The van der Waals surface area contributed by atoms with Gasteiger partial charge in [0.1, 0.15) is 11.6 Å². The summed E-state index contributed by atoms with van der Waals surface area (Å²) >= 11 is 0. The summed E-state index contributed by atoms with van der Waals surface area (Å²) in [6, 6.07) is 16.5. The Kier molecular flexibility index (Phi) is 6.75. The Hall–Kier alpha value is -3.31. The van der Waals surface area contributed by atoms with Crippen LogP contribution in [0.3, 0.4) is 0 Å². The zero-order valence-electron chi connectivity index (χ0n) is 16.2. The van der Waals surface area contributed by atoms with E-state index in [1.165, 1.54) is 17.7 Å². The lowest BCUT2D eigenvalue weighted by molar-refractivity contribution is -0.137. The number of benzene rings is 2. The molecule has 1 aliphatic heterocycles. The van der Waals surface area contributed by atoms with Gasteiger partial charge in [-0.05, 0) is 23.8 Å². The van der Waals surface area contributed by atoms with Crippen molar-refractivity contribution in [3.05, 3.63) is 77.5 Å². The van der Waals surface area contributed by atoms with Gasteiger partial charge in [-0.3, -0.25) is 9.69 Å². The molecule has 5 nitrogen and oxygen atoms in total. The van der Waals surface area contributed by atoms with Crippen molar-refractivity contribution < 1.29 is 18.0 Å². The van der Waals surface area contributed by atoms with Crippen LogP contribution in [0, 0.1) is 11.3 Å². The van der Waals surface area contributed by atoms with Crippen LogP contribution in [0.15, 0.2) is 66.4 Å². The van der Waals surface area contributed by atoms with Gasteiger partial charge in [-0.1, -0.05) is 36.4 Å². The van der Waals surface area contributed by atoms with Crippen LogP contribution >= 0.6 is 0 Å². The van der Waals surface area contributed by atoms with Crippen LogP contribution in [0.1, 0.15) is 11.1 Å². The Morgan fingerprint density at radius 2 is 1.77 bits per heavy atom. The van der Waals surface area contributed by atoms with E-state index in [0.29, 0.717) is 26.2 Å². The van der Waals surface area contributed by atoms with Crippen molar-refractivity contribution in [3.63, 3.8) is 0 Å². The van der Waals surface area contributed by atoms with Gasteiger partial charge in [-0.2, -0.15) is 18.4 Å². The number of carbonyl (C=O) groups is 1. The summed E-state index contributed by atoms with van der Waals surface area (Å²) in [5, 5.41) is 12.0. The van der Waals surface area contributed by atoms with Crippen LogP contribution in [0.2, 0.25) is 0 Å². The highest BCUT2D eigenvalue weighted by molar-refractivity contribution is 5.97. The normalized spacial score (nSPS) is 15.5. The minimum atomic E-state index is -4.46. The topological polar surface area (TPSA) is 59.4 Å². The fraction of sp³-hybridized carbons (Fsp3) is 0.273. The number of hydrogen-bond donors (Lipinski definition) is 1. The number of rotatable bonds is 5. The van der Waals surface area contributed by atoms with Crippen LogP contribution in [0.4, 0.5) is 18.9 Å². The lowest BCUT2D eigenvalue weighted by atomic mass is 10.2. The second kappa shape index (κ2) is 9.46. The molecule has 3 rings (SSSR count). The second-order valence-corrected chi connectivity index (χ2v) is 6.95. The quantitative estimate of drug-likeness (QED) is 0.596. The molecule has 8 heteroatoms. The maximum absolute atomic E-state index is 12.8. The second-order valence-electron chi connectivity index (χ2n) is 6.95. The molecule has 0 aromatic heterocycles. The molecule has 1 N–H and O–H groups in total. The standard InChI is InChI=1S/C22H21F3N4O/c23-22(24,25)19-7-4-8-20(13-19)27-15-18(14-26)21(30)29-11-9-28(10-12-29)16-17-5-2-1-3-6-17/h1-8,13,15,27H,9-12,16H2/b18-15-. The highest BCUT2D eigenvalue weighted by atomic mass is 19.4. The zero-order chi connectivity index (χ0) is 21.6. The number of nitriles is 1. The summed E-state index contributed by atoms with van der Waals surface area (Å²) in [4.78, 5) is 16.5.